The van der Waals surface area contributed by atoms with E-state index in [0.29, 0.717) is 0 Å². The first-order valence-corrected chi connectivity index (χ1v) is 9.93. The van der Waals surface area contributed by atoms with E-state index in [1.165, 1.54) is 21.9 Å². The summed E-state index contributed by atoms with van der Waals surface area (Å²) in [6.45, 7) is 12.3. The van der Waals surface area contributed by atoms with Crippen molar-refractivity contribution in [2.24, 2.45) is 0 Å². The maximum absolute atomic E-state index is 6.22. The molecule has 2 heteroatoms. The van der Waals surface area contributed by atoms with Gasteiger partial charge < -0.3 is 8.83 Å². The van der Waals surface area contributed by atoms with E-state index in [9.17, 15) is 0 Å². The van der Waals surface area contributed by atoms with Crippen LogP contribution in [0.5, 0.6) is 0 Å². The van der Waals surface area contributed by atoms with E-state index in [0.717, 1.165) is 74.1 Å². The Morgan fingerprint density at radius 2 is 1.23 bits per heavy atom. The second kappa shape index (κ2) is 8.44. The normalized spacial score (nSPS) is 11.5. The van der Waals surface area contributed by atoms with Gasteiger partial charge in [0.1, 0.15) is 22.7 Å². The van der Waals surface area contributed by atoms with E-state index in [1.807, 2.05) is 12.2 Å². The van der Waals surface area contributed by atoms with Crippen LogP contribution in [0.3, 0.4) is 0 Å². The van der Waals surface area contributed by atoms with Crippen molar-refractivity contribution in [2.75, 3.05) is 0 Å². The Morgan fingerprint density at radius 1 is 0.769 bits per heavy atom. The molecule has 0 unspecified atom stereocenters. The molecule has 2 aromatic heterocycles. The first-order chi connectivity index (χ1) is 12.7. The summed E-state index contributed by atoms with van der Waals surface area (Å²) < 4.78 is 12.4. The molecule has 0 fully saturated rings. The van der Waals surface area contributed by atoms with Crippen molar-refractivity contribution in [3.05, 3.63) is 60.1 Å². The first-order valence-electron chi connectivity index (χ1n) is 9.93. The highest BCUT2D eigenvalue weighted by Crippen LogP contribution is 2.36. The number of benzene rings is 1. The average Bonchev–Trinajstić information content (AvgIpc) is 3.15. The summed E-state index contributed by atoms with van der Waals surface area (Å²) in [6, 6.07) is 4.34. The van der Waals surface area contributed by atoms with Crippen LogP contribution >= 0.6 is 0 Å². The number of aryl methyl sites for hydroxylation is 2. The summed E-state index contributed by atoms with van der Waals surface area (Å²) >= 11 is 0. The summed E-state index contributed by atoms with van der Waals surface area (Å²) in [6.07, 6.45) is 12.2. The van der Waals surface area contributed by atoms with Crippen molar-refractivity contribution in [2.45, 2.75) is 65.2 Å². The Labute approximate surface area is 156 Å². The van der Waals surface area contributed by atoms with Gasteiger partial charge in [0.05, 0.1) is 0 Å². The third-order valence-electron chi connectivity index (χ3n) is 5.08. The molecule has 3 rings (SSSR count). The van der Waals surface area contributed by atoms with Crippen LogP contribution < -0.4 is 0 Å². The monoisotopic (exact) mass is 350 g/mol. The van der Waals surface area contributed by atoms with Crippen LogP contribution in [0.1, 0.15) is 62.2 Å². The van der Waals surface area contributed by atoms with E-state index < -0.39 is 0 Å². The minimum atomic E-state index is 0.842. The zero-order valence-corrected chi connectivity index (χ0v) is 16.2. The molecular weight excluding hydrogens is 320 g/mol. The highest BCUT2D eigenvalue weighted by molar-refractivity contribution is 5.97. The third kappa shape index (κ3) is 3.51. The van der Waals surface area contributed by atoms with E-state index in [1.54, 1.807) is 0 Å². The maximum Gasteiger partial charge on any atom is 0.138 e. The number of hydrogen-bond donors (Lipinski definition) is 0. The number of hydrogen-bond acceptors (Lipinski definition) is 2. The molecule has 0 atom stereocenters. The first kappa shape index (κ1) is 18.6. The van der Waals surface area contributed by atoms with Gasteiger partial charge in [-0.1, -0.05) is 38.8 Å². The van der Waals surface area contributed by atoms with Gasteiger partial charge in [0.15, 0.2) is 0 Å². The fourth-order valence-electron chi connectivity index (χ4n) is 3.71. The zero-order chi connectivity index (χ0) is 18.5. The van der Waals surface area contributed by atoms with E-state index >= 15 is 0 Å². The molecule has 0 N–H and O–H groups in total. The van der Waals surface area contributed by atoms with Crippen molar-refractivity contribution in [1.29, 1.82) is 0 Å². The highest BCUT2D eigenvalue weighted by atomic mass is 16.3. The molecule has 2 nitrogen and oxygen atoms in total. The third-order valence-corrected chi connectivity index (χ3v) is 5.08. The van der Waals surface area contributed by atoms with Crippen LogP contribution in [0, 0.1) is 0 Å². The fourth-order valence-corrected chi connectivity index (χ4v) is 3.71. The predicted octanol–water partition coefficient (Wildman–Crippen LogP) is 7.32. The van der Waals surface area contributed by atoms with Crippen LogP contribution in [0.25, 0.3) is 21.9 Å². The minimum Gasteiger partial charge on any atom is -0.461 e. The smallest absolute Gasteiger partial charge is 0.138 e. The number of unbranched alkanes of at least 4 members (excludes halogenated alkanes) is 2. The van der Waals surface area contributed by atoms with E-state index in [-0.39, 0.29) is 0 Å². The standard InChI is InChI=1S/C24H30O2/c1-5-9-13-21-17(11-7-3)19-15-20-18(12-8-4)22(14-10-6-2)26-24(20)16-23(19)25-21/h7-8,15-16H,3-6,9-14H2,1-2H3. The van der Waals surface area contributed by atoms with E-state index in [4.69, 9.17) is 8.83 Å². The molecule has 138 valence electrons. The van der Waals surface area contributed by atoms with Gasteiger partial charge in [-0.05, 0) is 31.7 Å². The Hall–Kier alpha value is -2.22. The molecule has 0 aliphatic carbocycles. The van der Waals surface area contributed by atoms with Crippen LogP contribution in [-0.2, 0) is 25.7 Å². The summed E-state index contributed by atoms with van der Waals surface area (Å²) in [7, 11) is 0. The Kier molecular flexibility index (Phi) is 6.03. The van der Waals surface area contributed by atoms with Gasteiger partial charge in [-0.25, -0.2) is 0 Å². The molecule has 0 saturated heterocycles. The Balaban J connectivity index is 2.17. The molecule has 0 amide bonds. The lowest BCUT2D eigenvalue weighted by Crippen LogP contribution is -1.90. The second-order valence-corrected chi connectivity index (χ2v) is 7.04. The molecule has 0 spiro atoms. The molecule has 2 heterocycles. The maximum atomic E-state index is 6.22. The molecular formula is C24H30O2. The molecule has 26 heavy (non-hydrogen) atoms. The Morgan fingerprint density at radius 3 is 1.62 bits per heavy atom. The van der Waals surface area contributed by atoms with Gasteiger partial charge in [0.25, 0.3) is 0 Å². The largest absolute Gasteiger partial charge is 0.461 e. The molecule has 1 aromatic carbocycles. The lowest BCUT2D eigenvalue weighted by atomic mass is 10.00. The summed E-state index contributed by atoms with van der Waals surface area (Å²) in [4.78, 5) is 0. The number of allylic oxidation sites excluding steroid dienone is 2. The number of furan rings is 2. The lowest BCUT2D eigenvalue weighted by Gasteiger charge is -2.00. The van der Waals surface area contributed by atoms with Gasteiger partial charge >= 0.3 is 0 Å². The zero-order valence-electron chi connectivity index (χ0n) is 16.2. The fraction of sp³-hybridized carbons (Fsp3) is 0.417. The second-order valence-electron chi connectivity index (χ2n) is 7.04. The predicted molar refractivity (Wildman–Crippen MR) is 111 cm³/mol. The molecule has 0 aliphatic heterocycles. The number of fused-ring (bicyclic) bond motifs is 2. The summed E-state index contributed by atoms with van der Waals surface area (Å²) in [5.41, 5.74) is 4.43. The SMILES string of the molecule is C=CCc1c(CCCC)oc2cc3oc(CCCC)c(CC=C)c3cc12. The highest BCUT2D eigenvalue weighted by Gasteiger charge is 2.18. The van der Waals surface area contributed by atoms with Gasteiger partial charge in [0.2, 0.25) is 0 Å². The molecule has 0 radical (unpaired) electrons. The Bertz CT molecular complexity index is 836. The summed E-state index contributed by atoms with van der Waals surface area (Å²) in [5, 5.41) is 2.41. The van der Waals surface area contributed by atoms with Gasteiger partial charge in [-0.2, -0.15) is 0 Å². The summed E-state index contributed by atoms with van der Waals surface area (Å²) in [5.74, 6) is 2.21. The number of rotatable bonds is 10. The van der Waals surface area contributed by atoms with Crippen LogP contribution in [-0.4, -0.2) is 0 Å². The van der Waals surface area contributed by atoms with Crippen molar-refractivity contribution < 1.29 is 8.83 Å². The van der Waals surface area contributed by atoms with Crippen LogP contribution in [0.15, 0.2) is 46.3 Å². The van der Waals surface area contributed by atoms with Gasteiger partial charge in [-0.3, -0.25) is 0 Å². The lowest BCUT2D eigenvalue weighted by molar-refractivity contribution is 0.524. The van der Waals surface area contributed by atoms with Gasteiger partial charge in [-0.15, -0.1) is 13.2 Å². The van der Waals surface area contributed by atoms with Crippen LogP contribution in [0.4, 0.5) is 0 Å². The topological polar surface area (TPSA) is 26.3 Å². The van der Waals surface area contributed by atoms with Crippen molar-refractivity contribution >= 4 is 21.9 Å². The average molecular weight is 351 g/mol. The van der Waals surface area contributed by atoms with Crippen molar-refractivity contribution in [1.82, 2.24) is 0 Å². The van der Waals surface area contributed by atoms with Crippen molar-refractivity contribution in [3.8, 4) is 0 Å². The quantitative estimate of drug-likeness (QED) is 0.358. The molecule has 3 aromatic rings. The molecule has 0 saturated carbocycles. The van der Waals surface area contributed by atoms with Crippen LogP contribution in [0.2, 0.25) is 0 Å². The molecule has 0 aliphatic rings. The van der Waals surface area contributed by atoms with E-state index in [2.05, 4.69) is 39.1 Å². The molecule has 0 bridgehead atoms. The van der Waals surface area contributed by atoms with Crippen molar-refractivity contribution in [3.63, 3.8) is 0 Å². The minimum absolute atomic E-state index is 0.842. The van der Waals surface area contributed by atoms with Gasteiger partial charge in [0, 0.05) is 40.8 Å².